The molecule has 3 atom stereocenters. The molecular formula is C25H25ClN4O5. The molecular weight excluding hydrogens is 472 g/mol. The highest BCUT2D eigenvalue weighted by Gasteiger charge is 2.50. The zero-order valence-corrected chi connectivity index (χ0v) is 19.8. The largest absolute Gasteiger partial charge is 0.476 e. The van der Waals surface area contributed by atoms with Gasteiger partial charge in [-0.3, -0.25) is 14.9 Å². The van der Waals surface area contributed by atoms with E-state index in [1.807, 2.05) is 30.3 Å². The standard InChI is InChI=1S/C25H25ClN4O5/c1-15-30(21(13-34-15)22(27)31)20(11-16-5-3-2-4-6-16)23(32)29-10-9-25(14-29)18-12-17(26)7-8-19(18)28-24(33)35-25/h2-8,12-13,15,20H,9-11,14H2,1H3,(H2,27,31)(H,28,33)/t15?,20-,25?/m0/s1. The average Bonchev–Trinajstić information content (AvgIpc) is 3.43. The molecule has 1 fully saturated rings. The molecule has 3 heterocycles. The highest BCUT2D eigenvalue weighted by Crippen LogP contribution is 2.44. The summed E-state index contributed by atoms with van der Waals surface area (Å²) in [6.45, 7) is 2.29. The molecule has 3 N–H and O–H groups in total. The smallest absolute Gasteiger partial charge is 0.412 e. The second-order valence-electron chi connectivity index (χ2n) is 8.92. The summed E-state index contributed by atoms with van der Waals surface area (Å²) in [4.78, 5) is 41.8. The van der Waals surface area contributed by atoms with E-state index < -0.39 is 29.9 Å². The number of carbonyl (C=O) groups is 3. The number of benzene rings is 2. The third-order valence-electron chi connectivity index (χ3n) is 6.73. The molecule has 0 aromatic heterocycles. The third kappa shape index (κ3) is 4.16. The van der Waals surface area contributed by atoms with Gasteiger partial charge >= 0.3 is 6.09 Å². The van der Waals surface area contributed by atoms with Crippen LogP contribution in [0.1, 0.15) is 24.5 Å². The second kappa shape index (κ2) is 8.81. The predicted molar refractivity (Wildman–Crippen MR) is 128 cm³/mol. The van der Waals surface area contributed by atoms with Gasteiger partial charge in [0.1, 0.15) is 18.0 Å². The number of nitrogens with zero attached hydrogens (tertiary/aromatic N) is 2. The van der Waals surface area contributed by atoms with Crippen molar-refractivity contribution in [3.63, 3.8) is 0 Å². The van der Waals surface area contributed by atoms with Gasteiger partial charge in [0.05, 0.1) is 12.2 Å². The van der Waals surface area contributed by atoms with E-state index in [2.05, 4.69) is 5.32 Å². The fraction of sp³-hybridized carbons (Fsp3) is 0.320. The minimum atomic E-state index is -1.01. The van der Waals surface area contributed by atoms with Crippen LogP contribution in [0.3, 0.4) is 0 Å². The van der Waals surface area contributed by atoms with Crippen molar-refractivity contribution < 1.29 is 23.9 Å². The fourth-order valence-corrected chi connectivity index (χ4v) is 5.26. The quantitative estimate of drug-likeness (QED) is 0.657. The molecule has 3 aliphatic heterocycles. The number of amides is 3. The van der Waals surface area contributed by atoms with Gasteiger partial charge in [0.2, 0.25) is 5.91 Å². The maximum atomic E-state index is 14.0. The number of rotatable bonds is 5. The number of halogens is 1. The molecule has 1 spiro atoms. The van der Waals surface area contributed by atoms with Gasteiger partial charge < -0.3 is 25.0 Å². The van der Waals surface area contributed by atoms with Crippen molar-refractivity contribution in [2.45, 2.75) is 37.6 Å². The van der Waals surface area contributed by atoms with Crippen molar-refractivity contribution in [2.24, 2.45) is 5.73 Å². The van der Waals surface area contributed by atoms with E-state index in [9.17, 15) is 14.4 Å². The first kappa shape index (κ1) is 23.0. The summed E-state index contributed by atoms with van der Waals surface area (Å²) < 4.78 is 11.3. The Bertz CT molecular complexity index is 1220. The minimum absolute atomic E-state index is 0.145. The number of nitrogens with two attached hydrogens (primary N) is 1. The van der Waals surface area contributed by atoms with Gasteiger partial charge in [-0.2, -0.15) is 0 Å². The van der Waals surface area contributed by atoms with Gasteiger partial charge in [-0.25, -0.2) is 4.79 Å². The van der Waals surface area contributed by atoms with Crippen molar-refractivity contribution in [3.8, 4) is 0 Å². The maximum absolute atomic E-state index is 14.0. The number of carbonyl (C=O) groups excluding carboxylic acids is 3. The lowest BCUT2D eigenvalue weighted by Gasteiger charge is -2.37. The van der Waals surface area contributed by atoms with E-state index in [4.69, 9.17) is 26.8 Å². The topological polar surface area (TPSA) is 114 Å². The van der Waals surface area contributed by atoms with Crippen molar-refractivity contribution in [3.05, 3.63) is 76.6 Å². The molecule has 10 heteroatoms. The Kier molecular flexibility index (Phi) is 5.80. The molecule has 2 aromatic rings. The van der Waals surface area contributed by atoms with E-state index in [-0.39, 0.29) is 18.1 Å². The number of anilines is 1. The molecule has 0 radical (unpaired) electrons. The van der Waals surface area contributed by atoms with Crippen LogP contribution in [0.25, 0.3) is 0 Å². The van der Waals surface area contributed by atoms with Crippen molar-refractivity contribution >= 4 is 35.2 Å². The van der Waals surface area contributed by atoms with E-state index in [1.165, 1.54) is 6.26 Å². The summed E-state index contributed by atoms with van der Waals surface area (Å²) in [6, 6.07) is 14.0. The van der Waals surface area contributed by atoms with E-state index in [1.54, 1.807) is 34.9 Å². The second-order valence-corrected chi connectivity index (χ2v) is 9.36. The van der Waals surface area contributed by atoms with Crippen molar-refractivity contribution in [2.75, 3.05) is 18.4 Å². The summed E-state index contributed by atoms with van der Waals surface area (Å²) in [7, 11) is 0. The third-order valence-corrected chi connectivity index (χ3v) is 6.97. The van der Waals surface area contributed by atoms with Crippen LogP contribution in [-0.2, 0) is 31.1 Å². The molecule has 9 nitrogen and oxygen atoms in total. The zero-order valence-electron chi connectivity index (χ0n) is 19.1. The number of hydrogen-bond acceptors (Lipinski definition) is 6. The van der Waals surface area contributed by atoms with Crippen LogP contribution in [0.5, 0.6) is 0 Å². The Morgan fingerprint density at radius 3 is 2.77 bits per heavy atom. The average molecular weight is 497 g/mol. The number of fused-ring (bicyclic) bond motifs is 2. The monoisotopic (exact) mass is 496 g/mol. The lowest BCUT2D eigenvalue weighted by atomic mass is 9.90. The molecule has 2 unspecified atom stereocenters. The van der Waals surface area contributed by atoms with Crippen LogP contribution < -0.4 is 11.1 Å². The van der Waals surface area contributed by atoms with Crippen LogP contribution >= 0.6 is 11.6 Å². The van der Waals surface area contributed by atoms with Gasteiger partial charge in [0, 0.05) is 30.0 Å². The number of nitrogens with one attached hydrogen (secondary N) is 1. The number of ether oxygens (including phenoxy) is 2. The number of hydrogen-bond donors (Lipinski definition) is 2. The molecule has 5 rings (SSSR count). The Hall–Kier alpha value is -3.72. The summed E-state index contributed by atoms with van der Waals surface area (Å²) in [5.74, 6) is -0.887. The first-order chi connectivity index (χ1) is 16.8. The first-order valence-electron chi connectivity index (χ1n) is 11.3. The Balaban J connectivity index is 1.47. The van der Waals surface area contributed by atoms with Crippen LogP contribution in [0.2, 0.25) is 5.02 Å². The molecule has 1 saturated heterocycles. The van der Waals surface area contributed by atoms with Crippen LogP contribution in [-0.4, -0.2) is 53.1 Å². The van der Waals surface area contributed by atoms with E-state index in [0.717, 1.165) is 11.1 Å². The summed E-state index contributed by atoms with van der Waals surface area (Å²) in [5.41, 5.74) is 7.00. The van der Waals surface area contributed by atoms with Crippen LogP contribution in [0, 0.1) is 0 Å². The highest BCUT2D eigenvalue weighted by atomic mass is 35.5. The predicted octanol–water partition coefficient (Wildman–Crippen LogP) is 2.95. The molecule has 2 aromatic carbocycles. The molecule has 0 aliphatic carbocycles. The summed E-state index contributed by atoms with van der Waals surface area (Å²) in [6.07, 6.45) is 0.933. The van der Waals surface area contributed by atoms with E-state index in [0.29, 0.717) is 30.1 Å². The summed E-state index contributed by atoms with van der Waals surface area (Å²) in [5, 5.41) is 3.21. The molecule has 35 heavy (non-hydrogen) atoms. The Labute approximate surface area is 207 Å². The van der Waals surface area contributed by atoms with Gasteiger partial charge in [-0.05, 0) is 30.7 Å². The van der Waals surface area contributed by atoms with Crippen LogP contribution in [0.4, 0.5) is 10.5 Å². The molecule has 182 valence electrons. The maximum Gasteiger partial charge on any atom is 0.412 e. The Morgan fingerprint density at radius 1 is 1.26 bits per heavy atom. The SMILES string of the molecule is CC1OC=C(C(N)=O)N1[C@@H](Cc1ccccc1)C(=O)N1CCC2(C1)OC(=O)Nc1ccc(Cl)cc12. The molecule has 3 amide bonds. The molecule has 0 saturated carbocycles. The zero-order chi connectivity index (χ0) is 24.7. The highest BCUT2D eigenvalue weighted by molar-refractivity contribution is 6.30. The van der Waals surface area contributed by atoms with Gasteiger partial charge in [-0.1, -0.05) is 41.9 Å². The van der Waals surface area contributed by atoms with Crippen LogP contribution in [0.15, 0.2) is 60.5 Å². The van der Waals surface area contributed by atoms with Crippen molar-refractivity contribution in [1.82, 2.24) is 9.80 Å². The number of primary amides is 1. The Morgan fingerprint density at radius 2 is 2.03 bits per heavy atom. The molecule has 3 aliphatic rings. The minimum Gasteiger partial charge on any atom is -0.476 e. The van der Waals surface area contributed by atoms with Gasteiger partial charge in [-0.15, -0.1) is 0 Å². The first-order valence-corrected chi connectivity index (χ1v) is 11.7. The normalized spacial score (nSPS) is 23.8. The summed E-state index contributed by atoms with van der Waals surface area (Å²) >= 11 is 6.24. The van der Waals surface area contributed by atoms with Crippen molar-refractivity contribution in [1.29, 1.82) is 0 Å². The lowest BCUT2D eigenvalue weighted by molar-refractivity contribution is -0.139. The van der Waals surface area contributed by atoms with E-state index >= 15 is 0 Å². The van der Waals surface area contributed by atoms with Gasteiger partial charge in [0.15, 0.2) is 11.8 Å². The number of likely N-dealkylation sites (tertiary alicyclic amines) is 1. The molecule has 0 bridgehead atoms. The van der Waals surface area contributed by atoms with Gasteiger partial charge in [0.25, 0.3) is 5.91 Å². The lowest BCUT2D eigenvalue weighted by Crippen LogP contribution is -2.53. The fourth-order valence-electron chi connectivity index (χ4n) is 5.09.